The molecule has 0 aliphatic heterocycles. The van der Waals surface area contributed by atoms with Crippen LogP contribution in [-0.2, 0) is 0 Å². The second kappa shape index (κ2) is 5.89. The number of hydrogen-bond acceptors (Lipinski definition) is 3. The van der Waals surface area contributed by atoms with Gasteiger partial charge in [0.1, 0.15) is 5.03 Å². The van der Waals surface area contributed by atoms with E-state index in [2.05, 4.69) is 17.2 Å². The minimum atomic E-state index is 0.666. The predicted molar refractivity (Wildman–Crippen MR) is 70.2 cm³/mol. The molecule has 0 amide bonds. The van der Waals surface area contributed by atoms with E-state index in [1.807, 2.05) is 12.1 Å². The number of pyridine rings is 1. The highest BCUT2D eigenvalue weighted by atomic mass is 35.5. The summed E-state index contributed by atoms with van der Waals surface area (Å²) in [5.74, 6) is 1.94. The Labute approximate surface area is 106 Å². The van der Waals surface area contributed by atoms with Crippen LogP contribution in [0.15, 0.2) is 23.4 Å². The minimum absolute atomic E-state index is 0.666. The molecule has 1 N–H and O–H groups in total. The first-order valence-corrected chi connectivity index (χ1v) is 7.10. The van der Waals surface area contributed by atoms with Crippen LogP contribution in [0.1, 0.15) is 19.8 Å². The third kappa shape index (κ3) is 3.65. The molecule has 1 aliphatic carbocycles. The largest absolute Gasteiger partial charge is 0.313 e. The van der Waals surface area contributed by atoms with E-state index in [1.54, 1.807) is 18.0 Å². The third-order valence-corrected chi connectivity index (χ3v) is 4.29. The van der Waals surface area contributed by atoms with Gasteiger partial charge in [-0.25, -0.2) is 4.98 Å². The molecule has 2 rings (SSSR count). The summed E-state index contributed by atoms with van der Waals surface area (Å²) in [5, 5.41) is 5.23. The molecule has 16 heavy (non-hydrogen) atoms. The van der Waals surface area contributed by atoms with Crippen LogP contribution in [0.4, 0.5) is 0 Å². The lowest BCUT2D eigenvalue weighted by Crippen LogP contribution is -2.29. The number of nitrogens with zero attached hydrogens (tertiary/aromatic N) is 1. The van der Waals surface area contributed by atoms with Crippen LogP contribution in [0.25, 0.3) is 0 Å². The van der Waals surface area contributed by atoms with Gasteiger partial charge >= 0.3 is 0 Å². The maximum absolute atomic E-state index is 6.02. The molecular formula is C12H17ClN2S. The molecule has 88 valence electrons. The first-order valence-electron chi connectivity index (χ1n) is 5.74. The van der Waals surface area contributed by atoms with Gasteiger partial charge in [-0.2, -0.15) is 0 Å². The Bertz CT molecular complexity index is 342. The van der Waals surface area contributed by atoms with Gasteiger partial charge in [-0.1, -0.05) is 11.6 Å². The SMILES string of the molecule is CC(NCCSc1ncccc1Cl)C1CC1. The summed E-state index contributed by atoms with van der Waals surface area (Å²) in [6.07, 6.45) is 4.58. The van der Waals surface area contributed by atoms with Crippen molar-refractivity contribution in [3.63, 3.8) is 0 Å². The maximum atomic E-state index is 6.02. The summed E-state index contributed by atoms with van der Waals surface area (Å²) in [6, 6.07) is 4.41. The Kier molecular flexibility index (Phi) is 4.50. The van der Waals surface area contributed by atoms with Crippen molar-refractivity contribution in [3.8, 4) is 0 Å². The molecule has 1 atom stereocenters. The lowest BCUT2D eigenvalue weighted by atomic mass is 10.2. The first kappa shape index (κ1) is 12.2. The van der Waals surface area contributed by atoms with E-state index in [0.29, 0.717) is 6.04 Å². The molecule has 4 heteroatoms. The summed E-state index contributed by atoms with van der Waals surface area (Å²) in [7, 11) is 0. The summed E-state index contributed by atoms with van der Waals surface area (Å²) in [4.78, 5) is 4.25. The van der Waals surface area contributed by atoms with E-state index in [-0.39, 0.29) is 0 Å². The minimum Gasteiger partial charge on any atom is -0.313 e. The van der Waals surface area contributed by atoms with Gasteiger partial charge < -0.3 is 5.32 Å². The molecule has 1 aromatic heterocycles. The van der Waals surface area contributed by atoms with Gasteiger partial charge in [0.15, 0.2) is 0 Å². The van der Waals surface area contributed by atoms with Crippen molar-refractivity contribution in [2.45, 2.75) is 30.8 Å². The molecule has 1 aromatic rings. The Hall–Kier alpha value is -0.250. The number of thioether (sulfide) groups is 1. The Morgan fingerprint density at radius 3 is 3.12 bits per heavy atom. The van der Waals surface area contributed by atoms with Crippen LogP contribution in [0, 0.1) is 5.92 Å². The van der Waals surface area contributed by atoms with Gasteiger partial charge in [0.25, 0.3) is 0 Å². The lowest BCUT2D eigenvalue weighted by Gasteiger charge is -2.11. The molecule has 0 spiro atoms. The summed E-state index contributed by atoms with van der Waals surface area (Å²) >= 11 is 7.74. The Morgan fingerprint density at radius 1 is 1.62 bits per heavy atom. The fraction of sp³-hybridized carbons (Fsp3) is 0.583. The van der Waals surface area contributed by atoms with Crippen LogP contribution < -0.4 is 5.32 Å². The average molecular weight is 257 g/mol. The van der Waals surface area contributed by atoms with Gasteiger partial charge in [-0.15, -0.1) is 11.8 Å². The molecule has 1 saturated carbocycles. The molecule has 1 unspecified atom stereocenters. The fourth-order valence-electron chi connectivity index (χ4n) is 1.67. The van der Waals surface area contributed by atoms with E-state index in [0.717, 1.165) is 28.3 Å². The molecule has 1 heterocycles. The number of hydrogen-bond donors (Lipinski definition) is 1. The Morgan fingerprint density at radius 2 is 2.44 bits per heavy atom. The van der Waals surface area contributed by atoms with Crippen LogP contribution >= 0.6 is 23.4 Å². The average Bonchev–Trinajstić information content (AvgIpc) is 3.10. The fourth-order valence-corrected chi connectivity index (χ4v) is 2.71. The standard InChI is InChI=1S/C12H17ClN2S/c1-9(10-4-5-10)14-7-8-16-12-11(13)3-2-6-15-12/h2-3,6,9-10,14H,4-5,7-8H2,1H3. The zero-order chi connectivity index (χ0) is 11.4. The molecular weight excluding hydrogens is 240 g/mol. The van der Waals surface area contributed by atoms with E-state index in [4.69, 9.17) is 11.6 Å². The smallest absolute Gasteiger partial charge is 0.115 e. The molecule has 0 bridgehead atoms. The number of nitrogens with one attached hydrogen (secondary N) is 1. The van der Waals surface area contributed by atoms with Gasteiger partial charge in [-0.05, 0) is 37.8 Å². The monoisotopic (exact) mass is 256 g/mol. The molecule has 0 saturated heterocycles. The maximum Gasteiger partial charge on any atom is 0.115 e. The van der Waals surface area contributed by atoms with E-state index >= 15 is 0 Å². The molecule has 1 fully saturated rings. The van der Waals surface area contributed by atoms with E-state index in [9.17, 15) is 0 Å². The summed E-state index contributed by atoms with van der Waals surface area (Å²) in [6.45, 7) is 3.30. The van der Waals surface area contributed by atoms with Crippen molar-refractivity contribution < 1.29 is 0 Å². The van der Waals surface area contributed by atoms with Gasteiger partial charge in [0, 0.05) is 24.5 Å². The van der Waals surface area contributed by atoms with Crippen molar-refractivity contribution in [1.29, 1.82) is 0 Å². The molecule has 1 aliphatic rings. The topological polar surface area (TPSA) is 24.9 Å². The van der Waals surface area contributed by atoms with Crippen molar-refractivity contribution in [2.24, 2.45) is 5.92 Å². The van der Waals surface area contributed by atoms with Crippen LogP contribution in [-0.4, -0.2) is 23.3 Å². The molecule has 0 aromatic carbocycles. The highest BCUT2D eigenvalue weighted by Gasteiger charge is 2.27. The molecule has 0 radical (unpaired) electrons. The first-order chi connectivity index (χ1) is 7.77. The van der Waals surface area contributed by atoms with E-state index in [1.165, 1.54) is 12.8 Å². The highest BCUT2D eigenvalue weighted by Crippen LogP contribution is 2.32. The van der Waals surface area contributed by atoms with Crippen LogP contribution in [0.3, 0.4) is 0 Å². The zero-order valence-corrected chi connectivity index (χ0v) is 11.0. The predicted octanol–water partition coefficient (Wildman–Crippen LogP) is 3.22. The zero-order valence-electron chi connectivity index (χ0n) is 9.45. The van der Waals surface area contributed by atoms with Crippen molar-refractivity contribution in [2.75, 3.05) is 12.3 Å². The lowest BCUT2D eigenvalue weighted by molar-refractivity contribution is 0.514. The van der Waals surface area contributed by atoms with Gasteiger partial charge in [0.05, 0.1) is 5.02 Å². The van der Waals surface area contributed by atoms with Crippen molar-refractivity contribution in [1.82, 2.24) is 10.3 Å². The Balaban J connectivity index is 1.66. The third-order valence-electron chi connectivity index (χ3n) is 2.86. The number of halogens is 1. The van der Waals surface area contributed by atoms with Crippen LogP contribution in [0.2, 0.25) is 5.02 Å². The molecule has 2 nitrogen and oxygen atoms in total. The second-order valence-electron chi connectivity index (χ2n) is 4.22. The van der Waals surface area contributed by atoms with Gasteiger partial charge in [-0.3, -0.25) is 0 Å². The quantitative estimate of drug-likeness (QED) is 0.625. The van der Waals surface area contributed by atoms with Crippen molar-refractivity contribution >= 4 is 23.4 Å². The van der Waals surface area contributed by atoms with Crippen LogP contribution in [0.5, 0.6) is 0 Å². The van der Waals surface area contributed by atoms with Crippen molar-refractivity contribution in [3.05, 3.63) is 23.4 Å². The second-order valence-corrected chi connectivity index (χ2v) is 5.71. The summed E-state index contributed by atoms with van der Waals surface area (Å²) < 4.78 is 0. The van der Waals surface area contributed by atoms with E-state index < -0.39 is 0 Å². The van der Waals surface area contributed by atoms with Gasteiger partial charge in [0.2, 0.25) is 0 Å². The number of rotatable bonds is 6. The summed E-state index contributed by atoms with van der Waals surface area (Å²) in [5.41, 5.74) is 0. The normalized spacial score (nSPS) is 17.4. The highest BCUT2D eigenvalue weighted by molar-refractivity contribution is 7.99. The number of aromatic nitrogens is 1.